The molecule has 0 fully saturated rings. The van der Waals surface area contributed by atoms with Gasteiger partial charge < -0.3 is 4.90 Å². The van der Waals surface area contributed by atoms with Crippen LogP contribution in [0.4, 0.5) is 5.69 Å². The number of benzene rings is 2. The van der Waals surface area contributed by atoms with Gasteiger partial charge in [-0.25, -0.2) is 0 Å². The van der Waals surface area contributed by atoms with Gasteiger partial charge in [0.1, 0.15) is 0 Å². The van der Waals surface area contributed by atoms with Gasteiger partial charge in [-0.05, 0) is 61.6 Å². The predicted octanol–water partition coefficient (Wildman–Crippen LogP) is 6.23. The average molecular weight is 321 g/mol. The summed E-state index contributed by atoms with van der Waals surface area (Å²) in [4.78, 5) is 3.71. The first-order chi connectivity index (χ1) is 11.2. The van der Waals surface area contributed by atoms with E-state index in [9.17, 15) is 0 Å². The normalized spacial score (nSPS) is 11.4. The molecule has 0 amide bonds. The van der Waals surface area contributed by atoms with E-state index in [1.807, 2.05) is 11.3 Å². The zero-order valence-electron chi connectivity index (χ0n) is 14.0. The minimum Gasteiger partial charge on any atom is -0.372 e. The van der Waals surface area contributed by atoms with Crippen molar-refractivity contribution in [2.45, 2.75) is 20.8 Å². The van der Waals surface area contributed by atoms with E-state index in [1.165, 1.54) is 31.8 Å². The Bertz CT molecular complexity index is 807. The molecule has 3 rings (SSSR count). The maximum atomic E-state index is 2.36. The lowest BCUT2D eigenvalue weighted by molar-refractivity contribution is 0.866. The number of nitrogens with zero attached hydrogens (tertiary/aromatic N) is 1. The Kier molecular flexibility index (Phi) is 4.82. The van der Waals surface area contributed by atoms with Crippen molar-refractivity contribution in [1.82, 2.24) is 0 Å². The zero-order valence-corrected chi connectivity index (χ0v) is 14.9. The van der Waals surface area contributed by atoms with E-state index < -0.39 is 0 Å². The van der Waals surface area contributed by atoms with Gasteiger partial charge in [0.2, 0.25) is 0 Å². The van der Waals surface area contributed by atoms with Crippen LogP contribution in [0.15, 0.2) is 48.5 Å². The first kappa shape index (κ1) is 15.8. The smallest absolute Gasteiger partial charge is 0.0366 e. The highest BCUT2D eigenvalue weighted by atomic mass is 32.1. The molecule has 1 aromatic heterocycles. The largest absolute Gasteiger partial charge is 0.372 e. The van der Waals surface area contributed by atoms with Gasteiger partial charge in [-0.1, -0.05) is 36.4 Å². The van der Waals surface area contributed by atoms with Crippen molar-refractivity contribution in [2.75, 3.05) is 18.0 Å². The van der Waals surface area contributed by atoms with E-state index in [0.717, 1.165) is 13.1 Å². The molecule has 1 nitrogen and oxygen atoms in total. The summed E-state index contributed by atoms with van der Waals surface area (Å²) < 4.78 is 1.36. The first-order valence-corrected chi connectivity index (χ1v) is 9.05. The molecule has 0 spiro atoms. The van der Waals surface area contributed by atoms with Crippen LogP contribution in [-0.2, 0) is 0 Å². The highest BCUT2D eigenvalue weighted by Crippen LogP contribution is 2.31. The van der Waals surface area contributed by atoms with E-state index in [2.05, 4.69) is 86.4 Å². The minimum atomic E-state index is 1.05. The van der Waals surface area contributed by atoms with Crippen LogP contribution in [0.2, 0.25) is 0 Å². The topological polar surface area (TPSA) is 3.24 Å². The van der Waals surface area contributed by atoms with Crippen LogP contribution >= 0.6 is 11.3 Å². The highest BCUT2D eigenvalue weighted by Gasteiger charge is 2.05. The number of anilines is 1. The quantitative estimate of drug-likeness (QED) is 0.538. The number of aryl methyl sites for hydroxylation is 1. The fourth-order valence-corrected chi connectivity index (χ4v) is 4.02. The van der Waals surface area contributed by atoms with E-state index in [-0.39, 0.29) is 0 Å². The number of fused-ring (bicyclic) bond motifs is 1. The second-order valence-corrected chi connectivity index (χ2v) is 6.77. The van der Waals surface area contributed by atoms with E-state index in [4.69, 9.17) is 0 Å². The molecular weight excluding hydrogens is 298 g/mol. The molecule has 2 heteroatoms. The predicted molar refractivity (Wildman–Crippen MR) is 105 cm³/mol. The lowest BCUT2D eigenvalue weighted by Crippen LogP contribution is -2.21. The Morgan fingerprint density at radius 3 is 2.26 bits per heavy atom. The monoisotopic (exact) mass is 321 g/mol. The van der Waals surface area contributed by atoms with Crippen molar-refractivity contribution in [3.8, 4) is 0 Å². The van der Waals surface area contributed by atoms with E-state index in [0.29, 0.717) is 0 Å². The third-order valence-electron chi connectivity index (χ3n) is 4.33. The molecule has 23 heavy (non-hydrogen) atoms. The molecule has 1 heterocycles. The fourth-order valence-electron chi connectivity index (χ4n) is 2.91. The first-order valence-electron chi connectivity index (χ1n) is 8.24. The summed E-state index contributed by atoms with van der Waals surface area (Å²) >= 11 is 1.86. The third kappa shape index (κ3) is 3.32. The molecule has 3 aromatic rings. The molecule has 0 aliphatic heterocycles. The molecule has 0 bridgehead atoms. The Morgan fingerprint density at radius 2 is 1.61 bits per heavy atom. The summed E-state index contributed by atoms with van der Waals surface area (Å²) in [5, 5.41) is 1.37. The number of rotatable bonds is 5. The van der Waals surface area contributed by atoms with Crippen LogP contribution in [0, 0.1) is 6.92 Å². The van der Waals surface area contributed by atoms with Gasteiger partial charge in [0.15, 0.2) is 0 Å². The van der Waals surface area contributed by atoms with Gasteiger partial charge >= 0.3 is 0 Å². The maximum absolute atomic E-state index is 2.36. The summed E-state index contributed by atoms with van der Waals surface area (Å²) in [5.41, 5.74) is 3.92. The Balaban J connectivity index is 1.83. The van der Waals surface area contributed by atoms with Crippen LogP contribution in [-0.4, -0.2) is 13.1 Å². The average Bonchev–Trinajstić information content (AvgIpc) is 2.92. The maximum Gasteiger partial charge on any atom is 0.0366 e. The van der Waals surface area contributed by atoms with Gasteiger partial charge in [-0.2, -0.15) is 0 Å². The van der Waals surface area contributed by atoms with Crippen molar-refractivity contribution in [1.29, 1.82) is 0 Å². The summed E-state index contributed by atoms with van der Waals surface area (Å²) in [7, 11) is 0. The molecule has 0 unspecified atom stereocenters. The van der Waals surface area contributed by atoms with Gasteiger partial charge in [0, 0.05) is 28.4 Å². The molecule has 118 valence electrons. The van der Waals surface area contributed by atoms with Crippen LogP contribution in [0.1, 0.15) is 29.9 Å². The Hall–Kier alpha value is -2.06. The lowest BCUT2D eigenvalue weighted by atomic mass is 10.1. The molecule has 0 N–H and O–H groups in total. The molecular formula is C21H23NS. The zero-order chi connectivity index (χ0) is 16.2. The molecule has 0 aliphatic carbocycles. The molecule has 0 radical (unpaired) electrons. The number of hydrogen-bond donors (Lipinski definition) is 0. The lowest BCUT2D eigenvalue weighted by Gasteiger charge is -2.20. The van der Waals surface area contributed by atoms with Gasteiger partial charge in [-0.3, -0.25) is 0 Å². The summed E-state index contributed by atoms with van der Waals surface area (Å²) in [6.45, 7) is 8.70. The summed E-state index contributed by atoms with van der Waals surface area (Å²) in [6, 6.07) is 17.5. The summed E-state index contributed by atoms with van der Waals surface area (Å²) in [6.07, 6.45) is 4.45. The summed E-state index contributed by atoms with van der Waals surface area (Å²) in [5.74, 6) is 0. The second kappa shape index (κ2) is 7.01. The fraction of sp³-hybridized carbons (Fsp3) is 0.238. The molecule has 0 atom stereocenters. The van der Waals surface area contributed by atoms with Gasteiger partial charge in [0.05, 0.1) is 0 Å². The van der Waals surface area contributed by atoms with Crippen LogP contribution in [0.3, 0.4) is 0 Å². The third-order valence-corrected chi connectivity index (χ3v) is 5.57. The molecule has 2 aromatic carbocycles. The van der Waals surface area contributed by atoms with Crippen molar-refractivity contribution in [3.05, 3.63) is 64.5 Å². The molecule has 0 saturated heterocycles. The van der Waals surface area contributed by atoms with Gasteiger partial charge in [-0.15, -0.1) is 11.3 Å². The van der Waals surface area contributed by atoms with E-state index >= 15 is 0 Å². The van der Waals surface area contributed by atoms with Crippen LogP contribution in [0.25, 0.3) is 22.2 Å². The SMILES string of the molecule is CCN(CC)c1ccc(C=Cc2sc3ccccc3c2C)cc1. The van der Waals surface area contributed by atoms with Crippen LogP contribution in [0.5, 0.6) is 0 Å². The molecule has 0 aliphatic rings. The minimum absolute atomic E-state index is 1.05. The van der Waals surface area contributed by atoms with Crippen molar-refractivity contribution in [2.24, 2.45) is 0 Å². The Morgan fingerprint density at radius 1 is 0.913 bits per heavy atom. The number of thiophene rings is 1. The highest BCUT2D eigenvalue weighted by molar-refractivity contribution is 7.20. The second-order valence-electron chi connectivity index (χ2n) is 5.68. The molecule has 0 saturated carbocycles. The Labute approximate surface area is 142 Å². The van der Waals surface area contributed by atoms with Crippen LogP contribution < -0.4 is 4.90 Å². The van der Waals surface area contributed by atoms with Crippen molar-refractivity contribution >= 4 is 39.3 Å². The standard InChI is InChI=1S/C21H23NS/c1-4-22(5-2)18-13-10-17(11-14-18)12-15-20-16(3)19-8-6-7-9-21(19)23-20/h6-15H,4-5H2,1-3H3. The van der Waals surface area contributed by atoms with Gasteiger partial charge in [0.25, 0.3) is 0 Å². The van der Waals surface area contributed by atoms with Crippen molar-refractivity contribution < 1.29 is 0 Å². The number of hydrogen-bond acceptors (Lipinski definition) is 2. The van der Waals surface area contributed by atoms with Crippen molar-refractivity contribution in [3.63, 3.8) is 0 Å². The van der Waals surface area contributed by atoms with E-state index in [1.54, 1.807) is 0 Å².